The van der Waals surface area contributed by atoms with E-state index in [-0.39, 0.29) is 12.4 Å². The Hall–Kier alpha value is -1.62. The van der Waals surface area contributed by atoms with Crippen molar-refractivity contribution in [3.8, 4) is 0 Å². The van der Waals surface area contributed by atoms with Crippen LogP contribution in [-0.4, -0.2) is 35.6 Å². The molecule has 2 rings (SSSR count). The van der Waals surface area contributed by atoms with Gasteiger partial charge in [-0.05, 0) is 30.9 Å². The largest absolute Gasteiger partial charge is 0.396 e. The highest BCUT2D eigenvalue weighted by Crippen LogP contribution is 2.24. The molecule has 17 heavy (non-hydrogen) atoms. The van der Waals surface area contributed by atoms with E-state index in [0.29, 0.717) is 11.5 Å². The van der Waals surface area contributed by atoms with E-state index in [2.05, 4.69) is 9.88 Å². The molecule has 1 atom stereocenters. The lowest BCUT2D eigenvalue weighted by Gasteiger charge is -2.17. The molecule has 0 aliphatic carbocycles. The molecule has 0 amide bonds. The van der Waals surface area contributed by atoms with E-state index in [4.69, 9.17) is 16.2 Å². The standard InChI is InChI=1S/C12H18N4O/c13-12(14)10-1-4-15-11(7-10)16-5-2-9(8-16)3-6-17/h1,4,7,9,17H,2-3,5-6,8H2,(H3,13,14). The molecule has 0 aromatic carbocycles. The highest BCUT2D eigenvalue weighted by molar-refractivity contribution is 5.95. The molecule has 0 radical (unpaired) electrons. The number of rotatable bonds is 4. The third-order valence-electron chi connectivity index (χ3n) is 3.20. The molecule has 1 aromatic rings. The summed E-state index contributed by atoms with van der Waals surface area (Å²) in [4.78, 5) is 6.50. The predicted molar refractivity (Wildman–Crippen MR) is 67.3 cm³/mol. The summed E-state index contributed by atoms with van der Waals surface area (Å²) in [7, 11) is 0. The van der Waals surface area contributed by atoms with Crippen LogP contribution in [0, 0.1) is 11.3 Å². The quantitative estimate of drug-likeness (QED) is 0.525. The summed E-state index contributed by atoms with van der Waals surface area (Å²) in [5.74, 6) is 1.49. The van der Waals surface area contributed by atoms with E-state index in [1.54, 1.807) is 12.3 Å². The Morgan fingerprint density at radius 3 is 3.18 bits per heavy atom. The molecule has 1 unspecified atom stereocenters. The van der Waals surface area contributed by atoms with Gasteiger partial charge >= 0.3 is 0 Å². The molecule has 0 bridgehead atoms. The van der Waals surface area contributed by atoms with Crippen molar-refractivity contribution in [1.82, 2.24) is 4.98 Å². The van der Waals surface area contributed by atoms with Crippen molar-refractivity contribution in [3.63, 3.8) is 0 Å². The molecule has 1 saturated heterocycles. The van der Waals surface area contributed by atoms with Crippen LogP contribution >= 0.6 is 0 Å². The van der Waals surface area contributed by atoms with Crippen LogP contribution in [0.3, 0.4) is 0 Å². The molecule has 92 valence electrons. The van der Waals surface area contributed by atoms with Gasteiger partial charge in [0.25, 0.3) is 0 Å². The first kappa shape index (κ1) is 11.9. The van der Waals surface area contributed by atoms with Gasteiger partial charge in [-0.1, -0.05) is 0 Å². The molecule has 1 aliphatic rings. The fourth-order valence-electron chi connectivity index (χ4n) is 2.22. The van der Waals surface area contributed by atoms with Gasteiger partial charge in [0.15, 0.2) is 0 Å². The normalized spacial score (nSPS) is 19.6. The molecule has 1 fully saturated rings. The Morgan fingerprint density at radius 2 is 2.47 bits per heavy atom. The molecule has 5 nitrogen and oxygen atoms in total. The van der Waals surface area contributed by atoms with Crippen LogP contribution in [-0.2, 0) is 0 Å². The number of aliphatic hydroxyl groups is 1. The Morgan fingerprint density at radius 1 is 1.65 bits per heavy atom. The summed E-state index contributed by atoms with van der Waals surface area (Å²) in [6.07, 6.45) is 3.63. The van der Waals surface area contributed by atoms with Crippen LogP contribution in [0.5, 0.6) is 0 Å². The molecule has 4 N–H and O–H groups in total. The monoisotopic (exact) mass is 234 g/mol. The number of anilines is 1. The molecular weight excluding hydrogens is 216 g/mol. The second-order valence-corrected chi connectivity index (χ2v) is 4.43. The number of aliphatic hydroxyl groups excluding tert-OH is 1. The molecule has 1 aliphatic heterocycles. The number of hydrogen-bond acceptors (Lipinski definition) is 4. The van der Waals surface area contributed by atoms with E-state index in [0.717, 1.165) is 31.7 Å². The zero-order valence-corrected chi connectivity index (χ0v) is 9.76. The van der Waals surface area contributed by atoms with Crippen molar-refractivity contribution in [1.29, 1.82) is 5.41 Å². The van der Waals surface area contributed by atoms with E-state index in [1.165, 1.54) is 0 Å². The molecule has 0 spiro atoms. The second-order valence-electron chi connectivity index (χ2n) is 4.43. The van der Waals surface area contributed by atoms with Gasteiger partial charge in [0, 0.05) is 31.5 Å². The number of hydrogen-bond donors (Lipinski definition) is 3. The molecule has 1 aromatic heterocycles. The summed E-state index contributed by atoms with van der Waals surface area (Å²) >= 11 is 0. The van der Waals surface area contributed by atoms with Crippen molar-refractivity contribution in [2.24, 2.45) is 11.7 Å². The third kappa shape index (κ3) is 2.74. The predicted octanol–water partition coefficient (Wildman–Crippen LogP) is 0.574. The van der Waals surface area contributed by atoms with Crippen molar-refractivity contribution < 1.29 is 5.11 Å². The van der Waals surface area contributed by atoms with Gasteiger partial charge in [-0.2, -0.15) is 0 Å². The van der Waals surface area contributed by atoms with E-state index >= 15 is 0 Å². The summed E-state index contributed by atoms with van der Waals surface area (Å²) in [5.41, 5.74) is 6.17. The van der Waals surface area contributed by atoms with Crippen LogP contribution in [0.25, 0.3) is 0 Å². The van der Waals surface area contributed by atoms with Crippen molar-refractivity contribution in [3.05, 3.63) is 23.9 Å². The first-order chi connectivity index (χ1) is 8.20. The number of nitrogens with two attached hydrogens (primary N) is 1. The van der Waals surface area contributed by atoms with Crippen molar-refractivity contribution in [2.75, 3.05) is 24.6 Å². The lowest BCUT2D eigenvalue weighted by molar-refractivity contribution is 0.263. The SMILES string of the molecule is N=C(N)c1ccnc(N2CCC(CCO)C2)c1. The average Bonchev–Trinajstić information content (AvgIpc) is 2.78. The van der Waals surface area contributed by atoms with Crippen LogP contribution in [0.4, 0.5) is 5.82 Å². The molecule has 2 heterocycles. The summed E-state index contributed by atoms with van der Waals surface area (Å²) < 4.78 is 0. The first-order valence-electron chi connectivity index (χ1n) is 5.87. The minimum Gasteiger partial charge on any atom is -0.396 e. The van der Waals surface area contributed by atoms with Crippen LogP contribution < -0.4 is 10.6 Å². The van der Waals surface area contributed by atoms with Crippen molar-refractivity contribution in [2.45, 2.75) is 12.8 Å². The Labute approximate surface area is 101 Å². The number of amidine groups is 1. The summed E-state index contributed by atoms with van der Waals surface area (Å²) in [6.45, 7) is 2.13. The van der Waals surface area contributed by atoms with Crippen LogP contribution in [0.1, 0.15) is 18.4 Å². The smallest absolute Gasteiger partial charge is 0.129 e. The minimum atomic E-state index is 0.0692. The average molecular weight is 234 g/mol. The van der Waals surface area contributed by atoms with Crippen LogP contribution in [0.15, 0.2) is 18.3 Å². The van der Waals surface area contributed by atoms with Gasteiger partial charge in [-0.15, -0.1) is 0 Å². The maximum atomic E-state index is 8.92. The fraction of sp³-hybridized carbons (Fsp3) is 0.500. The van der Waals surface area contributed by atoms with E-state index in [9.17, 15) is 0 Å². The Bertz CT molecular complexity index is 407. The van der Waals surface area contributed by atoms with E-state index < -0.39 is 0 Å². The van der Waals surface area contributed by atoms with Gasteiger partial charge in [-0.3, -0.25) is 5.41 Å². The van der Waals surface area contributed by atoms with E-state index in [1.807, 2.05) is 6.07 Å². The Balaban J connectivity index is 2.08. The highest BCUT2D eigenvalue weighted by Gasteiger charge is 2.23. The number of nitrogens with one attached hydrogen (secondary N) is 1. The minimum absolute atomic E-state index is 0.0692. The number of nitrogens with zero attached hydrogens (tertiary/aromatic N) is 2. The molecule has 0 saturated carbocycles. The van der Waals surface area contributed by atoms with Crippen molar-refractivity contribution >= 4 is 11.7 Å². The van der Waals surface area contributed by atoms with Gasteiger partial charge in [0.05, 0.1) is 0 Å². The zero-order chi connectivity index (χ0) is 12.3. The first-order valence-corrected chi connectivity index (χ1v) is 5.87. The lowest BCUT2D eigenvalue weighted by atomic mass is 10.1. The zero-order valence-electron chi connectivity index (χ0n) is 9.76. The molecule has 5 heteroatoms. The van der Waals surface area contributed by atoms with Gasteiger partial charge < -0.3 is 15.7 Å². The number of aromatic nitrogens is 1. The van der Waals surface area contributed by atoms with Gasteiger partial charge in [0.1, 0.15) is 11.7 Å². The van der Waals surface area contributed by atoms with Gasteiger partial charge in [-0.25, -0.2) is 4.98 Å². The summed E-state index contributed by atoms with van der Waals surface area (Å²) in [6, 6.07) is 3.59. The summed E-state index contributed by atoms with van der Waals surface area (Å²) in [5, 5.41) is 16.3. The maximum absolute atomic E-state index is 8.92. The fourth-order valence-corrected chi connectivity index (χ4v) is 2.22. The second kappa shape index (κ2) is 5.14. The van der Waals surface area contributed by atoms with Crippen LogP contribution in [0.2, 0.25) is 0 Å². The highest BCUT2D eigenvalue weighted by atomic mass is 16.3. The number of nitrogen functional groups attached to an aromatic ring is 1. The lowest BCUT2D eigenvalue weighted by Crippen LogP contribution is -2.22. The topological polar surface area (TPSA) is 86.2 Å². The molecular formula is C12H18N4O. The third-order valence-corrected chi connectivity index (χ3v) is 3.20. The number of pyridine rings is 1. The van der Waals surface area contributed by atoms with Gasteiger partial charge in [0.2, 0.25) is 0 Å². The maximum Gasteiger partial charge on any atom is 0.129 e. The Kier molecular flexibility index (Phi) is 3.58.